The van der Waals surface area contributed by atoms with Gasteiger partial charge in [0.1, 0.15) is 11.4 Å². The van der Waals surface area contributed by atoms with Gasteiger partial charge in [-0.05, 0) is 63.4 Å². The maximum atomic E-state index is 9.77. The van der Waals surface area contributed by atoms with Crippen LogP contribution in [0, 0.1) is 23.7 Å². The first-order valence-electron chi connectivity index (χ1n) is 11.7. The molecule has 0 bridgehead atoms. The number of hydrogen-bond acceptors (Lipinski definition) is 7. The SMILES string of the molecule is Cc1ccnc(N2CC3(CC(c4nnc5n4-c4ccc(Cl)cc4CN(C(C)(C)C#N)C5)C3)C2)n1. The predicted octanol–water partition coefficient (Wildman–Crippen LogP) is 4.02. The first-order chi connectivity index (χ1) is 16.3. The van der Waals surface area contributed by atoms with Crippen molar-refractivity contribution in [3.8, 4) is 11.8 Å². The van der Waals surface area contributed by atoms with E-state index in [1.807, 2.05) is 45.2 Å². The van der Waals surface area contributed by atoms with Crippen LogP contribution in [-0.4, -0.2) is 48.3 Å². The summed E-state index contributed by atoms with van der Waals surface area (Å²) in [5.74, 6) is 3.09. The number of benzene rings is 1. The van der Waals surface area contributed by atoms with Gasteiger partial charge in [0.05, 0.1) is 18.3 Å². The topological polar surface area (TPSA) is 86.8 Å². The summed E-state index contributed by atoms with van der Waals surface area (Å²) >= 11 is 6.37. The number of aryl methyl sites for hydroxylation is 1. The van der Waals surface area contributed by atoms with Gasteiger partial charge in [0.15, 0.2) is 5.82 Å². The molecule has 6 rings (SSSR count). The van der Waals surface area contributed by atoms with Gasteiger partial charge in [-0.25, -0.2) is 9.97 Å². The van der Waals surface area contributed by atoms with Crippen LogP contribution < -0.4 is 4.90 Å². The molecule has 1 spiro atoms. The molecule has 0 atom stereocenters. The molecule has 3 aliphatic rings. The van der Waals surface area contributed by atoms with Crippen LogP contribution in [-0.2, 0) is 13.1 Å². The van der Waals surface area contributed by atoms with Crippen molar-refractivity contribution in [2.75, 3.05) is 18.0 Å². The van der Waals surface area contributed by atoms with E-state index >= 15 is 0 Å². The van der Waals surface area contributed by atoms with Gasteiger partial charge >= 0.3 is 0 Å². The molecule has 2 aromatic heterocycles. The van der Waals surface area contributed by atoms with Crippen molar-refractivity contribution in [1.29, 1.82) is 5.26 Å². The van der Waals surface area contributed by atoms with Crippen molar-refractivity contribution in [3.63, 3.8) is 0 Å². The molecule has 174 valence electrons. The quantitative estimate of drug-likeness (QED) is 0.566. The Bertz CT molecular complexity index is 1310. The number of aromatic nitrogens is 5. The van der Waals surface area contributed by atoms with E-state index in [-0.39, 0.29) is 0 Å². The summed E-state index contributed by atoms with van der Waals surface area (Å²) in [6, 6.07) is 10.4. The van der Waals surface area contributed by atoms with Gasteiger partial charge in [0.2, 0.25) is 5.95 Å². The van der Waals surface area contributed by atoms with E-state index in [9.17, 15) is 5.26 Å². The second-order valence-electron chi connectivity index (χ2n) is 10.6. The summed E-state index contributed by atoms with van der Waals surface area (Å²) in [6.07, 6.45) is 4.01. The lowest BCUT2D eigenvalue weighted by molar-refractivity contribution is 0.0574. The molecule has 1 aliphatic carbocycles. The smallest absolute Gasteiger partial charge is 0.225 e. The summed E-state index contributed by atoms with van der Waals surface area (Å²) < 4.78 is 2.22. The van der Waals surface area contributed by atoms with Crippen LogP contribution in [0.25, 0.3) is 5.69 Å². The lowest BCUT2D eigenvalue weighted by Crippen LogP contribution is -2.62. The van der Waals surface area contributed by atoms with E-state index in [1.54, 1.807) is 0 Å². The van der Waals surface area contributed by atoms with Crippen molar-refractivity contribution >= 4 is 17.5 Å². The molecule has 1 aromatic carbocycles. The highest BCUT2D eigenvalue weighted by Gasteiger charge is 2.54. The third kappa shape index (κ3) is 3.38. The Hall–Kier alpha value is -3.02. The molecular formula is C25H27ClN8. The van der Waals surface area contributed by atoms with Gasteiger partial charge < -0.3 is 4.90 Å². The van der Waals surface area contributed by atoms with Crippen molar-refractivity contribution in [3.05, 3.63) is 58.4 Å². The molecule has 2 fully saturated rings. The van der Waals surface area contributed by atoms with E-state index in [2.05, 4.69) is 46.7 Å². The van der Waals surface area contributed by atoms with Gasteiger partial charge in [-0.2, -0.15) is 5.26 Å². The van der Waals surface area contributed by atoms with E-state index in [4.69, 9.17) is 11.6 Å². The van der Waals surface area contributed by atoms with Crippen LogP contribution >= 0.6 is 11.6 Å². The van der Waals surface area contributed by atoms with Gasteiger partial charge in [-0.15, -0.1) is 10.2 Å². The highest BCUT2D eigenvalue weighted by atomic mass is 35.5. The fourth-order valence-corrected chi connectivity index (χ4v) is 5.87. The van der Waals surface area contributed by atoms with Gasteiger partial charge in [-0.1, -0.05) is 11.6 Å². The summed E-state index contributed by atoms with van der Waals surface area (Å²) in [5, 5.41) is 19.7. The van der Waals surface area contributed by atoms with Gasteiger partial charge in [0, 0.05) is 47.9 Å². The first kappa shape index (κ1) is 21.5. The molecule has 9 heteroatoms. The van der Waals surface area contributed by atoms with Crippen molar-refractivity contribution < 1.29 is 0 Å². The molecule has 4 heterocycles. The zero-order chi connectivity index (χ0) is 23.7. The molecule has 1 saturated heterocycles. The number of fused-ring (bicyclic) bond motifs is 3. The van der Waals surface area contributed by atoms with Crippen molar-refractivity contribution in [1.82, 2.24) is 29.6 Å². The number of nitrogens with zero attached hydrogens (tertiary/aromatic N) is 8. The monoisotopic (exact) mass is 474 g/mol. The highest BCUT2D eigenvalue weighted by Crippen LogP contribution is 2.56. The molecule has 0 amide bonds. The molecule has 8 nitrogen and oxygen atoms in total. The number of anilines is 1. The normalized spacial score (nSPS) is 19.6. The molecule has 34 heavy (non-hydrogen) atoms. The van der Waals surface area contributed by atoms with Crippen LogP contribution in [0.5, 0.6) is 0 Å². The fourth-order valence-electron chi connectivity index (χ4n) is 5.68. The van der Waals surface area contributed by atoms with Crippen LogP contribution in [0.2, 0.25) is 5.02 Å². The Labute approximate surface area is 204 Å². The lowest BCUT2D eigenvalue weighted by atomic mass is 9.57. The molecular weight excluding hydrogens is 448 g/mol. The summed E-state index contributed by atoms with van der Waals surface area (Å²) in [5.41, 5.74) is 2.84. The molecule has 2 aliphatic heterocycles. The number of halogens is 1. The van der Waals surface area contributed by atoms with Gasteiger partial charge in [-0.3, -0.25) is 9.47 Å². The standard InChI is InChI=1S/C25H27ClN8/c1-16-6-7-28-23(29-16)32-14-25(15-32)9-18(10-25)22-31-30-21-12-33(24(2,3)13-27)11-17-8-19(26)4-5-20(17)34(21)22/h4-8,18H,9-12,14-15H2,1-3H3. The minimum absolute atomic E-state index is 0.312. The van der Waals surface area contributed by atoms with Gasteiger partial charge in [0.25, 0.3) is 0 Å². The number of hydrogen-bond donors (Lipinski definition) is 0. The lowest BCUT2D eigenvalue weighted by Gasteiger charge is -2.58. The highest BCUT2D eigenvalue weighted by molar-refractivity contribution is 6.30. The zero-order valence-corrected chi connectivity index (χ0v) is 20.4. The summed E-state index contributed by atoms with van der Waals surface area (Å²) in [7, 11) is 0. The Morgan fingerprint density at radius 2 is 1.94 bits per heavy atom. The number of rotatable bonds is 3. The predicted molar refractivity (Wildman–Crippen MR) is 129 cm³/mol. The average Bonchev–Trinajstić information content (AvgIpc) is 3.06. The minimum Gasteiger partial charge on any atom is -0.340 e. The Morgan fingerprint density at radius 1 is 1.15 bits per heavy atom. The maximum absolute atomic E-state index is 9.77. The third-order valence-electron chi connectivity index (χ3n) is 7.64. The van der Waals surface area contributed by atoms with E-state index in [0.29, 0.717) is 29.4 Å². The number of nitriles is 1. The van der Waals surface area contributed by atoms with Crippen molar-refractivity contribution in [2.45, 2.75) is 58.2 Å². The second kappa shape index (κ2) is 7.49. The fraction of sp³-hybridized carbons (Fsp3) is 0.480. The van der Waals surface area contributed by atoms with Crippen LogP contribution in [0.15, 0.2) is 30.5 Å². The van der Waals surface area contributed by atoms with E-state index in [1.165, 1.54) is 0 Å². The van der Waals surface area contributed by atoms with Crippen LogP contribution in [0.4, 0.5) is 5.95 Å². The summed E-state index contributed by atoms with van der Waals surface area (Å²) in [6.45, 7) is 9.07. The largest absolute Gasteiger partial charge is 0.340 e. The van der Waals surface area contributed by atoms with Crippen LogP contribution in [0.3, 0.4) is 0 Å². The first-order valence-corrected chi connectivity index (χ1v) is 12.1. The average molecular weight is 475 g/mol. The summed E-state index contributed by atoms with van der Waals surface area (Å²) in [4.78, 5) is 13.4. The second-order valence-corrected chi connectivity index (χ2v) is 11.0. The van der Waals surface area contributed by atoms with Crippen molar-refractivity contribution in [2.24, 2.45) is 5.41 Å². The minimum atomic E-state index is -0.630. The Morgan fingerprint density at radius 3 is 2.68 bits per heavy atom. The van der Waals surface area contributed by atoms with E-state index < -0.39 is 5.54 Å². The molecule has 0 unspecified atom stereocenters. The molecule has 0 N–H and O–H groups in total. The Balaban J connectivity index is 1.27. The molecule has 1 saturated carbocycles. The molecule has 3 aromatic rings. The zero-order valence-electron chi connectivity index (χ0n) is 19.7. The maximum Gasteiger partial charge on any atom is 0.225 e. The molecule has 0 radical (unpaired) electrons. The van der Waals surface area contributed by atoms with E-state index in [0.717, 1.165) is 60.5 Å². The Kier molecular flexibility index (Phi) is 4.74. The van der Waals surface area contributed by atoms with Crippen LogP contribution in [0.1, 0.15) is 55.5 Å². The third-order valence-corrected chi connectivity index (χ3v) is 7.87.